The number of anilines is 1. The molecule has 4 rings (SSSR count). The highest BCUT2D eigenvalue weighted by molar-refractivity contribution is 7.92. The van der Waals surface area contributed by atoms with Crippen molar-refractivity contribution in [3.8, 4) is 10.8 Å². The minimum Gasteiger partial charge on any atom is -0.443 e. The van der Waals surface area contributed by atoms with Crippen LogP contribution in [0.25, 0.3) is 10.8 Å². The molecule has 2 heterocycles. The fourth-order valence-electron chi connectivity index (χ4n) is 3.06. The normalized spacial score (nSPS) is 11.4. The number of nitrogens with zero attached hydrogens (tertiary/aromatic N) is 2. The maximum atomic E-state index is 13.5. The van der Waals surface area contributed by atoms with E-state index in [9.17, 15) is 13.2 Å². The molecular formula is C23H20N2O4S2. The van der Waals surface area contributed by atoms with Gasteiger partial charge in [0, 0.05) is 5.56 Å². The lowest BCUT2D eigenvalue weighted by Gasteiger charge is -2.24. The van der Waals surface area contributed by atoms with Gasteiger partial charge in [-0.05, 0) is 61.7 Å². The number of aromatic nitrogens is 1. The third-order valence-corrected chi connectivity index (χ3v) is 7.41. The van der Waals surface area contributed by atoms with Crippen LogP contribution < -0.4 is 4.31 Å². The first-order valence-electron chi connectivity index (χ1n) is 9.53. The van der Waals surface area contributed by atoms with Crippen LogP contribution in [0.3, 0.4) is 0 Å². The van der Waals surface area contributed by atoms with Crippen LogP contribution in [-0.2, 0) is 16.6 Å². The molecule has 31 heavy (non-hydrogen) atoms. The Kier molecular flexibility index (Phi) is 5.75. The Morgan fingerprint density at radius 3 is 2.39 bits per heavy atom. The lowest BCUT2D eigenvalue weighted by molar-refractivity contribution is 0.101. The molecular weight excluding hydrogens is 432 g/mol. The second-order valence-electron chi connectivity index (χ2n) is 7.05. The summed E-state index contributed by atoms with van der Waals surface area (Å²) in [6.07, 6.45) is 1.47. The molecule has 2 aromatic carbocycles. The predicted octanol–water partition coefficient (Wildman–Crippen LogP) is 5.31. The lowest BCUT2D eigenvalue weighted by Crippen LogP contribution is -2.30. The van der Waals surface area contributed by atoms with Crippen LogP contribution in [0.2, 0.25) is 0 Å². The summed E-state index contributed by atoms with van der Waals surface area (Å²) in [5, 5.41) is 1.92. The number of ketones is 1. The van der Waals surface area contributed by atoms with Crippen LogP contribution >= 0.6 is 11.3 Å². The van der Waals surface area contributed by atoms with Crippen LogP contribution in [0.4, 0.5) is 5.69 Å². The van der Waals surface area contributed by atoms with Crippen LogP contribution in [-0.4, -0.2) is 19.2 Å². The zero-order chi connectivity index (χ0) is 22.0. The summed E-state index contributed by atoms with van der Waals surface area (Å²) in [6, 6.07) is 17.0. The molecule has 8 heteroatoms. The minimum atomic E-state index is -3.88. The highest BCUT2D eigenvalue weighted by atomic mass is 32.2. The Labute approximate surface area is 184 Å². The van der Waals surface area contributed by atoms with E-state index in [1.807, 2.05) is 24.4 Å². The molecule has 0 atom stereocenters. The van der Waals surface area contributed by atoms with Crippen molar-refractivity contribution in [1.82, 2.24) is 4.98 Å². The molecule has 0 unspecified atom stereocenters. The number of carbonyl (C=O) groups is 1. The molecule has 0 radical (unpaired) electrons. The Balaban J connectivity index is 1.73. The van der Waals surface area contributed by atoms with Gasteiger partial charge in [0.1, 0.15) is 12.0 Å². The molecule has 0 aliphatic rings. The van der Waals surface area contributed by atoms with Gasteiger partial charge in [-0.1, -0.05) is 23.8 Å². The second kappa shape index (κ2) is 8.49. The largest absolute Gasteiger partial charge is 0.443 e. The summed E-state index contributed by atoms with van der Waals surface area (Å²) in [4.78, 5) is 17.1. The van der Waals surface area contributed by atoms with Gasteiger partial charge in [-0.25, -0.2) is 13.4 Å². The summed E-state index contributed by atoms with van der Waals surface area (Å²) in [6.45, 7) is 3.36. The number of thiophene rings is 1. The van der Waals surface area contributed by atoms with E-state index in [0.29, 0.717) is 22.8 Å². The Hall–Kier alpha value is -3.23. The van der Waals surface area contributed by atoms with E-state index in [4.69, 9.17) is 4.42 Å². The molecule has 4 aromatic rings. The quantitative estimate of drug-likeness (QED) is 0.355. The van der Waals surface area contributed by atoms with Crippen molar-refractivity contribution in [2.24, 2.45) is 0 Å². The smallest absolute Gasteiger partial charge is 0.264 e. The monoisotopic (exact) mass is 452 g/mol. The minimum absolute atomic E-state index is 0.00942. The average molecular weight is 453 g/mol. The van der Waals surface area contributed by atoms with E-state index in [1.165, 1.54) is 28.8 Å². The summed E-state index contributed by atoms with van der Waals surface area (Å²) in [5.41, 5.74) is 2.40. The number of aryl methyl sites for hydroxylation is 1. The maximum absolute atomic E-state index is 13.5. The number of hydrogen-bond acceptors (Lipinski definition) is 6. The average Bonchev–Trinajstić information content (AvgIpc) is 3.44. The third kappa shape index (κ3) is 4.45. The zero-order valence-electron chi connectivity index (χ0n) is 17.0. The molecule has 0 amide bonds. The Morgan fingerprint density at radius 1 is 1.06 bits per heavy atom. The van der Waals surface area contributed by atoms with Crippen molar-refractivity contribution in [2.75, 3.05) is 4.31 Å². The zero-order valence-corrected chi connectivity index (χ0v) is 18.6. The molecule has 0 saturated carbocycles. The van der Waals surface area contributed by atoms with Gasteiger partial charge >= 0.3 is 0 Å². The lowest BCUT2D eigenvalue weighted by atomic mass is 10.1. The van der Waals surface area contributed by atoms with Crippen molar-refractivity contribution in [3.05, 3.63) is 89.1 Å². The number of carbonyl (C=O) groups excluding carboxylic acids is 1. The predicted molar refractivity (Wildman–Crippen MR) is 121 cm³/mol. The molecule has 0 N–H and O–H groups in total. The molecule has 0 aliphatic heterocycles. The van der Waals surface area contributed by atoms with Gasteiger partial charge in [-0.3, -0.25) is 9.10 Å². The summed E-state index contributed by atoms with van der Waals surface area (Å²) < 4.78 is 33.8. The van der Waals surface area contributed by atoms with Crippen molar-refractivity contribution < 1.29 is 17.6 Å². The molecule has 0 fully saturated rings. The Morgan fingerprint density at radius 2 is 1.77 bits per heavy atom. The summed E-state index contributed by atoms with van der Waals surface area (Å²) >= 11 is 1.49. The molecule has 0 spiro atoms. The number of oxazole rings is 1. The number of benzene rings is 2. The van der Waals surface area contributed by atoms with Gasteiger partial charge in [-0.2, -0.15) is 0 Å². The fraction of sp³-hybridized carbons (Fsp3) is 0.130. The number of sulfonamides is 1. The van der Waals surface area contributed by atoms with Gasteiger partial charge in [0.2, 0.25) is 5.89 Å². The van der Waals surface area contributed by atoms with E-state index >= 15 is 0 Å². The standard InChI is InChI=1S/C23H20N2O4S2/c1-16-5-11-21(12-6-16)31(27,28)25(20-9-7-18(8-10-20)17(2)26)14-19-15-29-23(24-19)22-4-3-13-30-22/h3-13,15H,14H2,1-2H3. The molecule has 0 bridgehead atoms. The molecule has 6 nitrogen and oxygen atoms in total. The third-order valence-electron chi connectivity index (χ3n) is 4.76. The second-order valence-corrected chi connectivity index (χ2v) is 9.86. The maximum Gasteiger partial charge on any atom is 0.264 e. The number of Topliss-reactive ketones (excluding diaryl/α,β-unsaturated/α-hetero) is 1. The van der Waals surface area contributed by atoms with Gasteiger partial charge in [0.25, 0.3) is 10.0 Å². The van der Waals surface area contributed by atoms with E-state index < -0.39 is 10.0 Å². The van der Waals surface area contributed by atoms with Gasteiger partial charge in [0.05, 0.1) is 22.0 Å². The van der Waals surface area contributed by atoms with Gasteiger partial charge < -0.3 is 4.42 Å². The highest BCUT2D eigenvalue weighted by Crippen LogP contribution is 2.29. The van der Waals surface area contributed by atoms with Crippen LogP contribution in [0, 0.1) is 6.92 Å². The first kappa shape index (κ1) is 21.0. The SMILES string of the molecule is CC(=O)c1ccc(N(Cc2coc(-c3cccs3)n2)S(=O)(=O)c2ccc(C)cc2)cc1. The molecule has 158 valence electrons. The van der Waals surface area contributed by atoms with E-state index in [-0.39, 0.29) is 17.2 Å². The number of rotatable bonds is 7. The molecule has 0 saturated heterocycles. The van der Waals surface area contributed by atoms with Gasteiger partial charge in [-0.15, -0.1) is 11.3 Å². The first-order chi connectivity index (χ1) is 14.8. The van der Waals surface area contributed by atoms with E-state index in [2.05, 4.69) is 4.98 Å². The molecule has 2 aromatic heterocycles. The van der Waals surface area contributed by atoms with Gasteiger partial charge in [0.15, 0.2) is 5.78 Å². The van der Waals surface area contributed by atoms with Crippen molar-refractivity contribution in [3.63, 3.8) is 0 Å². The van der Waals surface area contributed by atoms with Crippen molar-refractivity contribution in [2.45, 2.75) is 25.3 Å². The number of hydrogen-bond donors (Lipinski definition) is 0. The van der Waals surface area contributed by atoms with Crippen LogP contribution in [0.5, 0.6) is 0 Å². The highest BCUT2D eigenvalue weighted by Gasteiger charge is 2.26. The Bertz CT molecular complexity index is 1290. The molecule has 0 aliphatic carbocycles. The van der Waals surface area contributed by atoms with E-state index in [1.54, 1.807) is 48.5 Å². The van der Waals surface area contributed by atoms with Crippen molar-refractivity contribution >= 4 is 32.8 Å². The van der Waals surface area contributed by atoms with Crippen molar-refractivity contribution in [1.29, 1.82) is 0 Å². The summed E-state index contributed by atoms with van der Waals surface area (Å²) in [5.74, 6) is 0.362. The van der Waals surface area contributed by atoms with Crippen LogP contribution in [0.15, 0.2) is 81.6 Å². The topological polar surface area (TPSA) is 80.5 Å². The fourth-order valence-corrected chi connectivity index (χ4v) is 5.15. The summed E-state index contributed by atoms with van der Waals surface area (Å²) in [7, 11) is -3.88. The first-order valence-corrected chi connectivity index (χ1v) is 11.9. The van der Waals surface area contributed by atoms with Crippen LogP contribution in [0.1, 0.15) is 28.5 Å². The van der Waals surface area contributed by atoms with E-state index in [0.717, 1.165) is 10.4 Å².